The first-order chi connectivity index (χ1) is 15.6. The van der Waals surface area contributed by atoms with E-state index < -0.39 is 11.9 Å². The summed E-state index contributed by atoms with van der Waals surface area (Å²) in [6.07, 6.45) is 0. The highest BCUT2D eigenvalue weighted by atomic mass is 16.5. The number of nitrogens with one attached hydrogen (secondary N) is 1. The summed E-state index contributed by atoms with van der Waals surface area (Å²) in [5, 5.41) is 24.1. The van der Waals surface area contributed by atoms with Gasteiger partial charge in [0.25, 0.3) is 5.91 Å². The van der Waals surface area contributed by atoms with E-state index in [9.17, 15) is 14.7 Å². The number of aromatic nitrogens is 1. The molecule has 0 fully saturated rings. The molecule has 0 spiro atoms. The van der Waals surface area contributed by atoms with Crippen LogP contribution in [0.2, 0.25) is 0 Å². The quantitative estimate of drug-likeness (QED) is 0.324. The Morgan fingerprint density at radius 1 is 1.03 bits per heavy atom. The Balaban J connectivity index is 1.50. The van der Waals surface area contributed by atoms with Crippen molar-refractivity contribution in [1.29, 1.82) is 0 Å². The van der Waals surface area contributed by atoms with E-state index in [1.807, 2.05) is 42.5 Å². The zero-order chi connectivity index (χ0) is 22.5. The Bertz CT molecular complexity index is 1330. The number of carbonyl (C=O) groups excluding carboxylic acids is 2. The molecule has 0 bridgehead atoms. The van der Waals surface area contributed by atoms with Crippen LogP contribution in [0.4, 0.5) is 11.4 Å². The minimum atomic E-state index is -0.500. The third-order valence-electron chi connectivity index (χ3n) is 4.96. The number of esters is 1. The number of amides is 1. The van der Waals surface area contributed by atoms with Crippen molar-refractivity contribution in [2.75, 3.05) is 18.5 Å². The van der Waals surface area contributed by atoms with Crippen LogP contribution in [0.3, 0.4) is 0 Å². The SMILES string of the molecule is CCOC(=O)Cn1c(O)c(N=NC(=O)CNc2ccc3ccccc3c2)c2ccccc21. The van der Waals surface area contributed by atoms with Crippen molar-refractivity contribution in [2.24, 2.45) is 10.2 Å². The van der Waals surface area contributed by atoms with Gasteiger partial charge in [-0.1, -0.05) is 48.5 Å². The van der Waals surface area contributed by atoms with Gasteiger partial charge in [0.15, 0.2) is 5.69 Å². The molecule has 1 heterocycles. The number of ether oxygens (including phenoxy) is 1. The first-order valence-corrected chi connectivity index (χ1v) is 10.2. The Kier molecular flexibility index (Phi) is 6.12. The molecule has 1 aromatic heterocycles. The van der Waals surface area contributed by atoms with Crippen LogP contribution in [0.1, 0.15) is 6.92 Å². The standard InChI is InChI=1S/C24H22N4O4/c1-2-32-22(30)15-28-20-10-6-5-9-19(20)23(24(28)31)27-26-21(29)14-25-18-12-11-16-7-3-4-8-17(16)13-18/h3-13,25,31H,2,14-15H2,1H3. The Morgan fingerprint density at radius 2 is 1.78 bits per heavy atom. The van der Waals surface area contributed by atoms with E-state index in [1.54, 1.807) is 31.2 Å². The fourth-order valence-corrected chi connectivity index (χ4v) is 3.48. The average molecular weight is 430 g/mol. The molecule has 0 atom stereocenters. The number of nitrogens with zero attached hydrogens (tertiary/aromatic N) is 3. The van der Waals surface area contributed by atoms with Gasteiger partial charge in [-0.3, -0.25) is 14.2 Å². The normalized spacial score (nSPS) is 11.3. The average Bonchev–Trinajstić information content (AvgIpc) is 3.07. The van der Waals surface area contributed by atoms with E-state index in [0.29, 0.717) is 10.9 Å². The van der Waals surface area contributed by atoms with Gasteiger partial charge in [0.2, 0.25) is 5.88 Å². The highest BCUT2D eigenvalue weighted by molar-refractivity contribution is 5.96. The lowest BCUT2D eigenvalue weighted by Gasteiger charge is -2.06. The molecular formula is C24H22N4O4. The Labute approximate surface area is 184 Å². The van der Waals surface area contributed by atoms with Crippen LogP contribution in [-0.2, 0) is 20.9 Å². The van der Waals surface area contributed by atoms with Crippen molar-refractivity contribution in [3.8, 4) is 5.88 Å². The first-order valence-electron chi connectivity index (χ1n) is 10.2. The molecule has 4 aromatic rings. The largest absolute Gasteiger partial charge is 0.493 e. The predicted octanol–water partition coefficient (Wildman–Crippen LogP) is 4.79. The van der Waals surface area contributed by atoms with Gasteiger partial charge in [-0.2, -0.15) is 0 Å². The number of anilines is 1. The molecule has 0 saturated carbocycles. The molecule has 0 unspecified atom stereocenters. The van der Waals surface area contributed by atoms with Gasteiger partial charge in [-0.25, -0.2) is 0 Å². The van der Waals surface area contributed by atoms with Gasteiger partial charge >= 0.3 is 5.97 Å². The number of para-hydroxylation sites is 1. The third-order valence-corrected chi connectivity index (χ3v) is 4.96. The van der Waals surface area contributed by atoms with Crippen LogP contribution >= 0.6 is 0 Å². The lowest BCUT2D eigenvalue weighted by molar-refractivity contribution is -0.143. The number of hydrogen-bond acceptors (Lipinski definition) is 6. The maximum absolute atomic E-state index is 12.3. The molecule has 162 valence electrons. The molecule has 0 aliphatic heterocycles. The van der Waals surface area contributed by atoms with Crippen LogP contribution < -0.4 is 5.32 Å². The number of azo groups is 1. The van der Waals surface area contributed by atoms with Crippen molar-refractivity contribution in [2.45, 2.75) is 13.5 Å². The molecule has 0 aliphatic carbocycles. The van der Waals surface area contributed by atoms with E-state index in [2.05, 4.69) is 15.5 Å². The fraction of sp³-hybridized carbons (Fsp3) is 0.167. The van der Waals surface area contributed by atoms with E-state index in [1.165, 1.54) is 4.57 Å². The first kappa shape index (κ1) is 21.0. The molecule has 32 heavy (non-hydrogen) atoms. The summed E-state index contributed by atoms with van der Waals surface area (Å²) >= 11 is 0. The van der Waals surface area contributed by atoms with E-state index >= 15 is 0 Å². The highest BCUT2D eigenvalue weighted by Gasteiger charge is 2.19. The molecular weight excluding hydrogens is 408 g/mol. The van der Waals surface area contributed by atoms with Gasteiger partial charge in [0.1, 0.15) is 6.54 Å². The smallest absolute Gasteiger partial charge is 0.326 e. The number of aromatic hydroxyl groups is 1. The summed E-state index contributed by atoms with van der Waals surface area (Å²) in [5.41, 5.74) is 1.51. The van der Waals surface area contributed by atoms with Gasteiger partial charge in [0, 0.05) is 11.1 Å². The second kappa shape index (κ2) is 9.30. The van der Waals surface area contributed by atoms with Gasteiger partial charge < -0.3 is 15.2 Å². The molecule has 0 saturated heterocycles. The maximum Gasteiger partial charge on any atom is 0.326 e. The lowest BCUT2D eigenvalue weighted by Crippen LogP contribution is -2.12. The second-order valence-corrected chi connectivity index (χ2v) is 7.09. The van der Waals surface area contributed by atoms with Crippen LogP contribution in [0.25, 0.3) is 21.7 Å². The number of rotatable bonds is 7. The second-order valence-electron chi connectivity index (χ2n) is 7.09. The van der Waals surface area contributed by atoms with Gasteiger partial charge in [-0.15, -0.1) is 10.2 Å². The molecule has 0 radical (unpaired) electrons. The zero-order valence-electron chi connectivity index (χ0n) is 17.5. The minimum absolute atomic E-state index is 0.0515. The molecule has 8 nitrogen and oxygen atoms in total. The number of carbonyl (C=O) groups is 2. The van der Waals surface area contributed by atoms with Crippen LogP contribution in [0, 0.1) is 0 Å². The third kappa shape index (κ3) is 4.44. The summed E-state index contributed by atoms with van der Waals surface area (Å²) in [7, 11) is 0. The van der Waals surface area contributed by atoms with Crippen LogP contribution in [-0.4, -0.2) is 34.7 Å². The number of hydrogen-bond donors (Lipinski definition) is 2. The summed E-state index contributed by atoms with van der Waals surface area (Å²) in [4.78, 5) is 24.2. The van der Waals surface area contributed by atoms with Crippen molar-refractivity contribution < 1.29 is 19.4 Å². The summed E-state index contributed by atoms with van der Waals surface area (Å²) in [5.74, 6) is -1.24. The molecule has 1 amide bonds. The Morgan fingerprint density at radius 3 is 2.59 bits per heavy atom. The van der Waals surface area contributed by atoms with Crippen LogP contribution in [0.15, 0.2) is 77.0 Å². The molecule has 3 aromatic carbocycles. The zero-order valence-corrected chi connectivity index (χ0v) is 17.5. The van der Waals surface area contributed by atoms with Crippen molar-refractivity contribution >= 4 is 44.9 Å². The lowest BCUT2D eigenvalue weighted by atomic mass is 10.1. The molecule has 8 heteroatoms. The number of benzene rings is 3. The topological polar surface area (TPSA) is 105 Å². The predicted molar refractivity (Wildman–Crippen MR) is 122 cm³/mol. The Hall–Kier alpha value is -4.20. The van der Waals surface area contributed by atoms with Crippen molar-refractivity contribution in [3.05, 3.63) is 66.7 Å². The van der Waals surface area contributed by atoms with E-state index in [-0.39, 0.29) is 31.3 Å². The fourth-order valence-electron chi connectivity index (χ4n) is 3.48. The van der Waals surface area contributed by atoms with E-state index in [4.69, 9.17) is 4.74 Å². The summed E-state index contributed by atoms with van der Waals surface area (Å²) in [6, 6.07) is 20.8. The van der Waals surface area contributed by atoms with Crippen molar-refractivity contribution in [1.82, 2.24) is 4.57 Å². The minimum Gasteiger partial charge on any atom is -0.493 e. The van der Waals surface area contributed by atoms with E-state index in [0.717, 1.165) is 16.5 Å². The number of fused-ring (bicyclic) bond motifs is 2. The maximum atomic E-state index is 12.3. The molecule has 0 aliphatic rings. The highest BCUT2D eigenvalue weighted by Crippen LogP contribution is 2.38. The molecule has 4 rings (SSSR count). The molecule has 2 N–H and O–H groups in total. The monoisotopic (exact) mass is 430 g/mol. The van der Waals surface area contributed by atoms with Gasteiger partial charge in [-0.05, 0) is 35.9 Å². The van der Waals surface area contributed by atoms with Gasteiger partial charge in [0.05, 0.1) is 18.7 Å². The van der Waals surface area contributed by atoms with Crippen LogP contribution in [0.5, 0.6) is 5.88 Å². The summed E-state index contributed by atoms with van der Waals surface area (Å²) < 4.78 is 6.36. The van der Waals surface area contributed by atoms with Crippen molar-refractivity contribution in [3.63, 3.8) is 0 Å². The summed E-state index contributed by atoms with van der Waals surface area (Å²) in [6.45, 7) is 1.73.